The van der Waals surface area contributed by atoms with Crippen molar-refractivity contribution in [1.29, 1.82) is 5.26 Å². The van der Waals surface area contributed by atoms with Crippen LogP contribution in [0.2, 0.25) is 0 Å². The zero-order valence-electron chi connectivity index (χ0n) is 16.6. The number of likely N-dealkylation sites (tertiary alicyclic amines) is 1. The fraction of sp³-hybridized carbons (Fsp3) is 0.318. The Bertz CT molecular complexity index is 1070. The van der Waals surface area contributed by atoms with E-state index in [2.05, 4.69) is 52.7 Å². The number of piperidine rings is 1. The molecule has 0 radical (unpaired) electrons. The molecule has 2 atom stereocenters. The number of nitrogens with zero attached hydrogens (tertiary/aromatic N) is 3. The molecule has 29 heavy (non-hydrogen) atoms. The molecule has 3 N–H and O–H groups in total. The van der Waals surface area contributed by atoms with Crippen molar-refractivity contribution >= 4 is 22.8 Å². The van der Waals surface area contributed by atoms with Gasteiger partial charge in [-0.3, -0.25) is 4.90 Å². The van der Waals surface area contributed by atoms with Gasteiger partial charge in [-0.2, -0.15) is 5.26 Å². The van der Waals surface area contributed by atoms with Gasteiger partial charge in [0.1, 0.15) is 5.82 Å². The number of hydrogen-bond donors (Lipinski definition) is 3. The van der Waals surface area contributed by atoms with Crippen LogP contribution in [0.5, 0.6) is 0 Å². The third-order valence-electron chi connectivity index (χ3n) is 5.45. The summed E-state index contributed by atoms with van der Waals surface area (Å²) in [5, 5.41) is 14.8. The Kier molecular flexibility index (Phi) is 5.19. The number of aromatic amines is 1. The van der Waals surface area contributed by atoms with Gasteiger partial charge in [0.25, 0.3) is 0 Å². The molecule has 4 rings (SSSR count). The molecule has 0 aliphatic carbocycles. The van der Waals surface area contributed by atoms with Crippen LogP contribution in [0.1, 0.15) is 35.8 Å². The zero-order chi connectivity index (χ0) is 20.4. The number of H-pyrrole nitrogens is 1. The summed E-state index contributed by atoms with van der Waals surface area (Å²) < 4.78 is 0. The van der Waals surface area contributed by atoms with Crippen LogP contribution in [0, 0.1) is 18.3 Å². The normalized spacial score (nSPS) is 19.6. The van der Waals surface area contributed by atoms with E-state index >= 15 is 0 Å². The first-order valence-corrected chi connectivity index (χ1v) is 9.76. The van der Waals surface area contributed by atoms with E-state index in [-0.39, 0.29) is 18.1 Å². The smallest absolute Gasteiger partial charge is 0.319 e. The first kappa shape index (κ1) is 19.0. The van der Waals surface area contributed by atoms with Crippen molar-refractivity contribution in [2.75, 3.05) is 18.9 Å². The van der Waals surface area contributed by atoms with Crippen LogP contribution in [-0.2, 0) is 0 Å². The first-order valence-electron chi connectivity index (χ1n) is 9.76. The summed E-state index contributed by atoms with van der Waals surface area (Å²) in [5.74, 6) is 0.937. The molecule has 1 fully saturated rings. The van der Waals surface area contributed by atoms with E-state index in [1.165, 1.54) is 5.56 Å². The third kappa shape index (κ3) is 4.23. The van der Waals surface area contributed by atoms with Gasteiger partial charge in [-0.1, -0.05) is 6.07 Å². The Labute approximate surface area is 169 Å². The lowest BCUT2D eigenvalue weighted by Crippen LogP contribution is -2.46. The second-order valence-electron chi connectivity index (χ2n) is 7.65. The number of rotatable bonds is 3. The molecule has 7 nitrogen and oxygen atoms in total. The van der Waals surface area contributed by atoms with Gasteiger partial charge in [0, 0.05) is 18.3 Å². The minimum absolute atomic E-state index is 0.0598. The predicted molar refractivity (Wildman–Crippen MR) is 113 cm³/mol. The number of anilines is 1. The number of amides is 2. The largest absolute Gasteiger partial charge is 0.341 e. The molecule has 148 valence electrons. The Morgan fingerprint density at radius 1 is 1.28 bits per heavy atom. The van der Waals surface area contributed by atoms with E-state index in [0.29, 0.717) is 11.3 Å². The summed E-state index contributed by atoms with van der Waals surface area (Å²) in [4.78, 5) is 22.9. The molecule has 2 heterocycles. The van der Waals surface area contributed by atoms with Gasteiger partial charge in [-0.15, -0.1) is 0 Å². The topological polar surface area (TPSA) is 96.8 Å². The minimum atomic E-state index is -0.233. The maximum Gasteiger partial charge on any atom is 0.319 e. The number of nitrogens with one attached hydrogen (secondary N) is 3. The van der Waals surface area contributed by atoms with Crippen molar-refractivity contribution in [3.05, 3.63) is 59.4 Å². The van der Waals surface area contributed by atoms with Crippen LogP contribution in [0.4, 0.5) is 10.5 Å². The number of carbonyl (C=O) groups is 1. The maximum atomic E-state index is 12.4. The first-order chi connectivity index (χ1) is 14.0. The second kappa shape index (κ2) is 7.94. The molecule has 2 aromatic carbocycles. The molecule has 3 aromatic rings. The summed E-state index contributed by atoms with van der Waals surface area (Å²) in [6, 6.07) is 15.1. The molecule has 1 aromatic heterocycles. The Morgan fingerprint density at radius 2 is 2.07 bits per heavy atom. The molecule has 0 bridgehead atoms. The summed E-state index contributed by atoms with van der Waals surface area (Å²) in [6.07, 6.45) is 1.67. The highest BCUT2D eigenvalue weighted by Gasteiger charge is 2.30. The number of carbonyl (C=O) groups excluding carboxylic acids is 1. The number of hydrogen-bond acceptors (Lipinski definition) is 4. The maximum absolute atomic E-state index is 12.4. The number of imidazole rings is 1. The third-order valence-corrected chi connectivity index (χ3v) is 5.45. The number of fused-ring (bicyclic) bond motifs is 1. The lowest BCUT2D eigenvalue weighted by atomic mass is 9.97. The van der Waals surface area contributed by atoms with E-state index < -0.39 is 0 Å². The van der Waals surface area contributed by atoms with Crippen LogP contribution in [0.15, 0.2) is 42.5 Å². The van der Waals surface area contributed by atoms with Crippen molar-refractivity contribution < 1.29 is 4.79 Å². The molecule has 1 saturated heterocycles. The molecule has 2 amide bonds. The average Bonchev–Trinajstić information content (AvgIpc) is 3.13. The fourth-order valence-corrected chi connectivity index (χ4v) is 3.82. The van der Waals surface area contributed by atoms with Gasteiger partial charge < -0.3 is 15.6 Å². The SMILES string of the molecule is Cc1ccc2nc([C@H]3C[C@H](NC(=O)Nc4ccc(C#N)cc4)CCN3C)[nH]c2c1. The zero-order valence-corrected chi connectivity index (χ0v) is 16.6. The molecular weight excluding hydrogens is 364 g/mol. The molecule has 0 saturated carbocycles. The lowest BCUT2D eigenvalue weighted by Gasteiger charge is -2.36. The summed E-state index contributed by atoms with van der Waals surface area (Å²) >= 11 is 0. The van der Waals surface area contributed by atoms with Crippen molar-refractivity contribution in [3.63, 3.8) is 0 Å². The highest BCUT2D eigenvalue weighted by atomic mass is 16.2. The molecule has 0 unspecified atom stereocenters. The quantitative estimate of drug-likeness (QED) is 0.637. The molecule has 7 heteroatoms. The average molecular weight is 388 g/mol. The van der Waals surface area contributed by atoms with Gasteiger partial charge >= 0.3 is 6.03 Å². The van der Waals surface area contributed by atoms with E-state index in [0.717, 1.165) is 36.2 Å². The van der Waals surface area contributed by atoms with Crippen molar-refractivity contribution in [1.82, 2.24) is 20.2 Å². The van der Waals surface area contributed by atoms with Crippen LogP contribution in [0.25, 0.3) is 11.0 Å². The summed E-state index contributed by atoms with van der Waals surface area (Å²) in [5.41, 5.74) is 4.44. The highest BCUT2D eigenvalue weighted by molar-refractivity contribution is 5.89. The monoisotopic (exact) mass is 388 g/mol. The Hall–Kier alpha value is -3.37. The van der Waals surface area contributed by atoms with E-state index in [1.54, 1.807) is 24.3 Å². The minimum Gasteiger partial charge on any atom is -0.341 e. The molecule has 0 spiro atoms. The van der Waals surface area contributed by atoms with Crippen molar-refractivity contribution in [2.24, 2.45) is 0 Å². The molecule has 1 aliphatic rings. The molecular formula is C22H24N6O. The fourth-order valence-electron chi connectivity index (χ4n) is 3.82. The Morgan fingerprint density at radius 3 is 2.83 bits per heavy atom. The van der Waals surface area contributed by atoms with Crippen molar-refractivity contribution in [2.45, 2.75) is 31.8 Å². The van der Waals surface area contributed by atoms with E-state index in [1.807, 2.05) is 6.07 Å². The van der Waals surface area contributed by atoms with Gasteiger partial charge in [-0.05, 0) is 68.8 Å². The predicted octanol–water partition coefficient (Wildman–Crippen LogP) is 3.70. The number of aryl methyl sites for hydroxylation is 1. The Balaban J connectivity index is 1.42. The standard InChI is InChI=1S/C22H24N6O/c1-14-3-8-18-19(11-14)27-21(26-18)20-12-17(9-10-28(20)2)25-22(29)24-16-6-4-15(13-23)5-7-16/h3-8,11,17,20H,9-10,12H2,1-2H3,(H,26,27)(H2,24,25,29)/t17-,20-/m1/s1. The van der Waals surface area contributed by atoms with E-state index in [4.69, 9.17) is 10.2 Å². The number of urea groups is 1. The number of aromatic nitrogens is 2. The summed E-state index contributed by atoms with van der Waals surface area (Å²) in [6.45, 7) is 2.95. The van der Waals surface area contributed by atoms with Crippen molar-refractivity contribution in [3.8, 4) is 6.07 Å². The van der Waals surface area contributed by atoms with Gasteiger partial charge in [0.2, 0.25) is 0 Å². The second-order valence-corrected chi connectivity index (χ2v) is 7.65. The number of benzene rings is 2. The molecule has 1 aliphatic heterocycles. The number of nitriles is 1. The lowest BCUT2D eigenvalue weighted by molar-refractivity contribution is 0.153. The van der Waals surface area contributed by atoms with Gasteiger partial charge in [-0.25, -0.2) is 9.78 Å². The van der Waals surface area contributed by atoms with Crippen LogP contribution in [-0.4, -0.2) is 40.5 Å². The van der Waals surface area contributed by atoms with Gasteiger partial charge in [0.15, 0.2) is 0 Å². The highest BCUT2D eigenvalue weighted by Crippen LogP contribution is 2.29. The van der Waals surface area contributed by atoms with Crippen LogP contribution >= 0.6 is 0 Å². The van der Waals surface area contributed by atoms with Gasteiger partial charge in [0.05, 0.1) is 28.7 Å². The van der Waals surface area contributed by atoms with Crippen LogP contribution in [0.3, 0.4) is 0 Å². The van der Waals surface area contributed by atoms with E-state index in [9.17, 15) is 4.79 Å². The van der Waals surface area contributed by atoms with Crippen LogP contribution < -0.4 is 10.6 Å². The summed E-state index contributed by atoms with van der Waals surface area (Å²) in [7, 11) is 2.09.